The molecular weight excluding hydrogens is 391 g/mol. The molecule has 6 heteroatoms. The maximum absolute atomic E-state index is 13.7. The van der Waals surface area contributed by atoms with Crippen molar-refractivity contribution in [2.24, 2.45) is 0 Å². The zero-order chi connectivity index (χ0) is 14.7. The minimum absolute atomic E-state index is 0.0313. The van der Waals surface area contributed by atoms with E-state index < -0.39 is 11.7 Å². The third kappa shape index (κ3) is 3.24. The number of amides is 1. The highest BCUT2D eigenvalue weighted by Crippen LogP contribution is 2.23. The second-order valence-electron chi connectivity index (χ2n) is 3.88. The van der Waals surface area contributed by atoms with Crippen LogP contribution in [-0.2, 0) is 0 Å². The first-order chi connectivity index (χ1) is 9.51. The lowest BCUT2D eigenvalue weighted by atomic mass is 10.2. The lowest BCUT2D eigenvalue weighted by Crippen LogP contribution is -2.13. The summed E-state index contributed by atoms with van der Waals surface area (Å²) in [7, 11) is 0. The van der Waals surface area contributed by atoms with Crippen molar-refractivity contribution in [3.8, 4) is 6.07 Å². The zero-order valence-corrected chi connectivity index (χ0v) is 13.1. The van der Waals surface area contributed by atoms with E-state index in [-0.39, 0.29) is 11.3 Å². The van der Waals surface area contributed by atoms with Crippen LogP contribution in [0.2, 0.25) is 0 Å². The summed E-state index contributed by atoms with van der Waals surface area (Å²) in [6, 6.07) is 10.8. The van der Waals surface area contributed by atoms with Crippen LogP contribution in [0.25, 0.3) is 0 Å². The average molecular weight is 398 g/mol. The monoisotopic (exact) mass is 396 g/mol. The molecule has 2 aromatic carbocycles. The average Bonchev–Trinajstić information content (AvgIpc) is 2.40. The minimum atomic E-state index is -0.648. The molecule has 2 aromatic rings. The highest BCUT2D eigenvalue weighted by atomic mass is 79.9. The van der Waals surface area contributed by atoms with Crippen LogP contribution in [0.4, 0.5) is 10.1 Å². The zero-order valence-electron chi connectivity index (χ0n) is 9.95. The van der Waals surface area contributed by atoms with Crippen molar-refractivity contribution < 1.29 is 9.18 Å². The number of rotatable bonds is 2. The first kappa shape index (κ1) is 14.7. The number of benzene rings is 2. The maximum Gasteiger partial charge on any atom is 0.256 e. The van der Waals surface area contributed by atoms with E-state index in [1.54, 1.807) is 18.2 Å². The molecule has 0 spiro atoms. The number of hydrogen-bond donors (Lipinski definition) is 1. The molecule has 2 rings (SSSR count). The number of halogens is 3. The highest BCUT2D eigenvalue weighted by molar-refractivity contribution is 9.11. The van der Waals surface area contributed by atoms with Crippen molar-refractivity contribution in [3.05, 3.63) is 62.3 Å². The van der Waals surface area contributed by atoms with Gasteiger partial charge in [0.05, 0.1) is 22.9 Å². The van der Waals surface area contributed by atoms with Crippen LogP contribution in [0.1, 0.15) is 15.9 Å². The molecule has 1 N–H and O–H groups in total. The molecule has 0 fully saturated rings. The highest BCUT2D eigenvalue weighted by Gasteiger charge is 2.13. The fraction of sp³-hybridized carbons (Fsp3) is 0. The lowest BCUT2D eigenvalue weighted by Gasteiger charge is -2.08. The number of nitrogens with zero attached hydrogens (tertiary/aromatic N) is 1. The van der Waals surface area contributed by atoms with Crippen LogP contribution in [0.15, 0.2) is 45.3 Å². The van der Waals surface area contributed by atoms with Crippen molar-refractivity contribution in [2.75, 3.05) is 5.32 Å². The Bertz CT molecular complexity index is 726. The number of nitriles is 1. The van der Waals surface area contributed by atoms with E-state index in [1.807, 2.05) is 6.07 Å². The summed E-state index contributed by atoms with van der Waals surface area (Å²) < 4.78 is 15.1. The van der Waals surface area contributed by atoms with E-state index >= 15 is 0 Å². The molecule has 0 unspecified atom stereocenters. The van der Waals surface area contributed by atoms with Gasteiger partial charge >= 0.3 is 0 Å². The van der Waals surface area contributed by atoms with E-state index in [4.69, 9.17) is 5.26 Å². The van der Waals surface area contributed by atoms with Gasteiger partial charge in [-0.1, -0.05) is 15.9 Å². The Morgan fingerprint density at radius 3 is 2.55 bits per heavy atom. The molecule has 100 valence electrons. The van der Waals surface area contributed by atoms with Gasteiger partial charge in [-0.2, -0.15) is 5.26 Å². The quantitative estimate of drug-likeness (QED) is 0.812. The number of carbonyl (C=O) groups excluding carboxylic acids is 1. The Hall–Kier alpha value is -1.71. The van der Waals surface area contributed by atoms with Gasteiger partial charge in [-0.05, 0) is 52.3 Å². The molecule has 0 aliphatic carbocycles. The van der Waals surface area contributed by atoms with Gasteiger partial charge in [0.1, 0.15) is 5.82 Å². The van der Waals surface area contributed by atoms with E-state index in [0.29, 0.717) is 10.0 Å². The molecule has 20 heavy (non-hydrogen) atoms. The Morgan fingerprint density at radius 1 is 1.20 bits per heavy atom. The van der Waals surface area contributed by atoms with Crippen molar-refractivity contribution >= 4 is 43.5 Å². The van der Waals surface area contributed by atoms with Crippen molar-refractivity contribution in [2.45, 2.75) is 0 Å². The predicted molar refractivity (Wildman–Crippen MR) is 80.9 cm³/mol. The molecule has 0 saturated heterocycles. The molecule has 0 atom stereocenters. The van der Waals surface area contributed by atoms with Crippen LogP contribution < -0.4 is 5.32 Å². The number of nitrogens with one attached hydrogen (secondary N) is 1. The third-order valence-corrected chi connectivity index (χ3v) is 3.67. The summed E-state index contributed by atoms with van der Waals surface area (Å²) in [6.45, 7) is 0. The fourth-order valence-electron chi connectivity index (χ4n) is 1.55. The van der Waals surface area contributed by atoms with Gasteiger partial charge in [0.25, 0.3) is 5.91 Å². The van der Waals surface area contributed by atoms with Crippen LogP contribution in [0, 0.1) is 17.1 Å². The summed E-state index contributed by atoms with van der Waals surface area (Å²) in [4.78, 5) is 12.1. The van der Waals surface area contributed by atoms with Crippen molar-refractivity contribution in [1.82, 2.24) is 0 Å². The topological polar surface area (TPSA) is 52.9 Å². The molecular formula is C14H7Br2FN2O. The molecule has 0 bridgehead atoms. The summed E-state index contributed by atoms with van der Waals surface area (Å²) in [5.41, 5.74) is 0.617. The molecule has 0 aliphatic heterocycles. The lowest BCUT2D eigenvalue weighted by molar-refractivity contribution is 0.102. The molecule has 0 saturated carbocycles. The van der Waals surface area contributed by atoms with Gasteiger partial charge in [0.2, 0.25) is 0 Å². The van der Waals surface area contributed by atoms with E-state index in [0.717, 1.165) is 10.5 Å². The molecule has 1 amide bonds. The number of anilines is 1. The summed E-state index contributed by atoms with van der Waals surface area (Å²) in [5.74, 6) is -1.08. The second kappa shape index (κ2) is 6.16. The van der Waals surface area contributed by atoms with Gasteiger partial charge in [-0.15, -0.1) is 0 Å². The Kier molecular flexibility index (Phi) is 4.53. The van der Waals surface area contributed by atoms with Gasteiger partial charge < -0.3 is 5.32 Å². The van der Waals surface area contributed by atoms with E-state index in [9.17, 15) is 9.18 Å². The molecule has 0 heterocycles. The SMILES string of the molecule is N#Cc1ccc(NC(=O)c2ccc(Br)cc2Br)c(F)c1. The second-order valence-corrected chi connectivity index (χ2v) is 5.65. The Balaban J connectivity index is 2.26. The van der Waals surface area contributed by atoms with Crippen molar-refractivity contribution in [1.29, 1.82) is 5.26 Å². The largest absolute Gasteiger partial charge is 0.319 e. The summed E-state index contributed by atoms with van der Waals surface area (Å²) in [6.07, 6.45) is 0. The minimum Gasteiger partial charge on any atom is -0.319 e. The first-order valence-corrected chi connectivity index (χ1v) is 7.06. The number of carbonyl (C=O) groups is 1. The molecule has 0 aromatic heterocycles. The van der Waals surface area contributed by atoms with Crippen molar-refractivity contribution in [3.63, 3.8) is 0 Å². The Morgan fingerprint density at radius 2 is 1.95 bits per heavy atom. The van der Waals surface area contributed by atoms with Crippen LogP contribution in [-0.4, -0.2) is 5.91 Å². The molecule has 3 nitrogen and oxygen atoms in total. The maximum atomic E-state index is 13.7. The first-order valence-electron chi connectivity index (χ1n) is 5.47. The third-order valence-electron chi connectivity index (χ3n) is 2.52. The molecule has 0 radical (unpaired) electrons. The number of hydrogen-bond acceptors (Lipinski definition) is 2. The van der Waals surface area contributed by atoms with Gasteiger partial charge in [-0.3, -0.25) is 4.79 Å². The summed E-state index contributed by atoms with van der Waals surface area (Å²) in [5, 5.41) is 11.1. The summed E-state index contributed by atoms with van der Waals surface area (Å²) >= 11 is 6.56. The standard InChI is InChI=1S/C14H7Br2FN2O/c15-9-2-3-10(11(16)6-9)14(20)19-13-4-1-8(7-18)5-12(13)17/h1-6H,(H,19,20). The smallest absolute Gasteiger partial charge is 0.256 e. The van der Waals surface area contributed by atoms with Crippen LogP contribution in [0.3, 0.4) is 0 Å². The fourth-order valence-corrected chi connectivity index (χ4v) is 2.78. The van der Waals surface area contributed by atoms with E-state index in [1.165, 1.54) is 12.1 Å². The van der Waals surface area contributed by atoms with Crippen LogP contribution >= 0.6 is 31.9 Å². The van der Waals surface area contributed by atoms with Crippen LogP contribution in [0.5, 0.6) is 0 Å². The Labute approximate surface area is 131 Å². The van der Waals surface area contributed by atoms with Gasteiger partial charge in [0, 0.05) is 8.95 Å². The van der Waals surface area contributed by atoms with E-state index in [2.05, 4.69) is 37.2 Å². The normalized spacial score (nSPS) is 9.90. The van der Waals surface area contributed by atoms with Gasteiger partial charge in [-0.25, -0.2) is 4.39 Å². The van der Waals surface area contributed by atoms with Gasteiger partial charge in [0.15, 0.2) is 0 Å². The molecule has 0 aliphatic rings. The predicted octanol–water partition coefficient (Wildman–Crippen LogP) is 4.47.